The molecule has 3 rings (SSSR count). The third-order valence-electron chi connectivity index (χ3n) is 3.33. The summed E-state index contributed by atoms with van der Waals surface area (Å²) < 4.78 is 0. The van der Waals surface area contributed by atoms with Crippen molar-refractivity contribution in [2.75, 3.05) is 5.32 Å². The van der Waals surface area contributed by atoms with Gasteiger partial charge in [-0.15, -0.1) is 11.3 Å². The largest absolute Gasteiger partial charge is 0.480 e. The number of nitrogens with zero attached hydrogens (tertiary/aromatic N) is 1. The normalized spacial score (nSPS) is 20.9. The topological polar surface area (TPSA) is 79.3 Å². The lowest BCUT2D eigenvalue weighted by Crippen LogP contribution is -2.31. The Morgan fingerprint density at radius 2 is 2.18 bits per heavy atom. The fraction of sp³-hybridized carbons (Fsp3) is 0.545. The van der Waals surface area contributed by atoms with E-state index in [1.54, 1.807) is 0 Å². The van der Waals surface area contributed by atoms with E-state index in [1.165, 1.54) is 11.3 Å². The first kappa shape index (κ1) is 10.7. The van der Waals surface area contributed by atoms with E-state index < -0.39 is 17.3 Å². The maximum absolute atomic E-state index is 11.8. The van der Waals surface area contributed by atoms with Crippen LogP contribution in [-0.2, 0) is 9.59 Å². The molecule has 90 valence electrons. The second-order valence-corrected chi connectivity index (χ2v) is 5.55. The number of carboxylic acid groups (broad SMARTS) is 1. The number of thiazole rings is 1. The molecule has 17 heavy (non-hydrogen) atoms. The molecule has 2 N–H and O–H groups in total. The number of hydrogen-bond donors (Lipinski definition) is 2. The first-order valence-corrected chi connectivity index (χ1v) is 6.50. The fourth-order valence-electron chi connectivity index (χ4n) is 1.79. The summed E-state index contributed by atoms with van der Waals surface area (Å²) in [6.45, 7) is 0. The summed E-state index contributed by atoms with van der Waals surface area (Å²) in [7, 11) is 0. The van der Waals surface area contributed by atoms with Crippen molar-refractivity contribution in [2.24, 2.45) is 5.41 Å². The number of nitrogens with one attached hydrogen (secondary N) is 1. The van der Waals surface area contributed by atoms with Gasteiger partial charge >= 0.3 is 5.97 Å². The van der Waals surface area contributed by atoms with E-state index in [9.17, 15) is 9.59 Å². The molecule has 6 heteroatoms. The second-order valence-electron chi connectivity index (χ2n) is 4.69. The number of aromatic nitrogens is 1. The lowest BCUT2D eigenvalue weighted by molar-refractivity contribution is -0.147. The number of amides is 1. The molecule has 0 radical (unpaired) electrons. The van der Waals surface area contributed by atoms with Crippen LogP contribution in [0.5, 0.6) is 0 Å². The highest BCUT2D eigenvalue weighted by Gasteiger charge is 2.57. The smallest absolute Gasteiger partial charge is 0.319 e. The van der Waals surface area contributed by atoms with Crippen molar-refractivity contribution in [2.45, 2.75) is 31.6 Å². The quantitative estimate of drug-likeness (QED) is 0.801. The van der Waals surface area contributed by atoms with Crippen molar-refractivity contribution in [3.05, 3.63) is 11.1 Å². The van der Waals surface area contributed by atoms with Gasteiger partial charge in [0, 0.05) is 11.3 Å². The van der Waals surface area contributed by atoms with Gasteiger partial charge in [0.2, 0.25) is 5.91 Å². The predicted molar refractivity (Wildman–Crippen MR) is 62.0 cm³/mol. The molecule has 2 aliphatic carbocycles. The van der Waals surface area contributed by atoms with Gasteiger partial charge in [-0.05, 0) is 25.7 Å². The molecule has 1 aromatic rings. The van der Waals surface area contributed by atoms with Crippen molar-refractivity contribution in [1.29, 1.82) is 0 Å². The zero-order chi connectivity index (χ0) is 12.0. The van der Waals surface area contributed by atoms with Crippen LogP contribution >= 0.6 is 11.3 Å². The summed E-state index contributed by atoms with van der Waals surface area (Å²) in [5, 5.41) is 14.1. The Balaban J connectivity index is 1.69. The lowest BCUT2D eigenvalue weighted by Gasteiger charge is -2.07. The molecule has 0 aliphatic heterocycles. The fourth-order valence-corrected chi connectivity index (χ4v) is 2.58. The number of hydrogen-bond acceptors (Lipinski definition) is 4. The van der Waals surface area contributed by atoms with Gasteiger partial charge in [0.05, 0.1) is 5.69 Å². The summed E-state index contributed by atoms with van der Waals surface area (Å²) in [6, 6.07) is 0. The minimum atomic E-state index is -1.19. The summed E-state index contributed by atoms with van der Waals surface area (Å²) in [4.78, 5) is 27.1. The minimum Gasteiger partial charge on any atom is -0.480 e. The van der Waals surface area contributed by atoms with Crippen LogP contribution in [0.3, 0.4) is 0 Å². The molecule has 5 nitrogen and oxygen atoms in total. The Morgan fingerprint density at radius 3 is 2.71 bits per heavy atom. The Morgan fingerprint density at radius 1 is 1.47 bits per heavy atom. The molecular formula is C11H12N2O3S. The molecule has 0 bridgehead atoms. The van der Waals surface area contributed by atoms with E-state index in [4.69, 9.17) is 5.11 Å². The van der Waals surface area contributed by atoms with Crippen LogP contribution in [0, 0.1) is 5.41 Å². The third kappa shape index (κ3) is 1.82. The SMILES string of the molecule is O=C(O)C1(C(=O)Nc2nc(C3CC3)cs2)CC1. The van der Waals surface area contributed by atoms with Crippen LogP contribution in [0.15, 0.2) is 5.38 Å². The Bertz CT molecular complexity index is 489. The number of rotatable bonds is 4. The Labute approximate surface area is 102 Å². The van der Waals surface area contributed by atoms with Gasteiger partial charge in [0.25, 0.3) is 0 Å². The highest BCUT2D eigenvalue weighted by atomic mass is 32.1. The molecule has 0 unspecified atom stereocenters. The molecule has 0 aromatic carbocycles. The van der Waals surface area contributed by atoms with Gasteiger partial charge in [-0.3, -0.25) is 9.59 Å². The average Bonchev–Trinajstić information content (AvgIpc) is 3.18. The molecule has 1 aromatic heterocycles. The van der Waals surface area contributed by atoms with Gasteiger partial charge in [-0.1, -0.05) is 0 Å². The minimum absolute atomic E-state index is 0.426. The second kappa shape index (κ2) is 3.53. The number of anilines is 1. The number of carbonyl (C=O) groups excluding carboxylic acids is 1. The van der Waals surface area contributed by atoms with Crippen molar-refractivity contribution in [1.82, 2.24) is 4.98 Å². The Hall–Kier alpha value is -1.43. The van der Waals surface area contributed by atoms with Gasteiger partial charge in [-0.25, -0.2) is 4.98 Å². The van der Waals surface area contributed by atoms with E-state index in [0.717, 1.165) is 18.5 Å². The van der Waals surface area contributed by atoms with Gasteiger partial charge < -0.3 is 10.4 Å². The summed E-state index contributed by atoms with van der Waals surface area (Å²) in [5.74, 6) is -0.915. The van der Waals surface area contributed by atoms with Gasteiger partial charge in [0.1, 0.15) is 5.41 Å². The van der Waals surface area contributed by atoms with Gasteiger partial charge in [-0.2, -0.15) is 0 Å². The first-order chi connectivity index (χ1) is 8.12. The van der Waals surface area contributed by atoms with Gasteiger partial charge in [0.15, 0.2) is 5.13 Å². The maximum atomic E-state index is 11.8. The van der Waals surface area contributed by atoms with Crippen molar-refractivity contribution in [3.63, 3.8) is 0 Å². The summed E-state index contributed by atoms with van der Waals surface area (Å²) >= 11 is 1.37. The molecule has 1 heterocycles. The van der Waals surface area contributed by atoms with Crippen LogP contribution in [0.4, 0.5) is 5.13 Å². The highest BCUT2D eigenvalue weighted by molar-refractivity contribution is 7.14. The molecule has 2 aliphatic rings. The molecule has 0 spiro atoms. The zero-order valence-electron chi connectivity index (χ0n) is 9.10. The molecule has 2 fully saturated rings. The summed E-state index contributed by atoms with van der Waals surface area (Å²) in [5.41, 5.74) is -0.170. The van der Waals surface area contributed by atoms with E-state index in [1.807, 2.05) is 5.38 Å². The monoisotopic (exact) mass is 252 g/mol. The van der Waals surface area contributed by atoms with Crippen LogP contribution in [0.1, 0.15) is 37.3 Å². The first-order valence-electron chi connectivity index (χ1n) is 5.62. The Kier molecular flexibility index (Phi) is 2.22. The lowest BCUT2D eigenvalue weighted by atomic mass is 10.1. The molecular weight excluding hydrogens is 240 g/mol. The van der Waals surface area contributed by atoms with Crippen molar-refractivity contribution in [3.8, 4) is 0 Å². The third-order valence-corrected chi connectivity index (χ3v) is 4.11. The predicted octanol–water partition coefficient (Wildman–Crippen LogP) is 1.82. The van der Waals surface area contributed by atoms with E-state index in [2.05, 4.69) is 10.3 Å². The van der Waals surface area contributed by atoms with Crippen LogP contribution < -0.4 is 5.32 Å². The molecule has 1 amide bonds. The van der Waals surface area contributed by atoms with Crippen molar-refractivity contribution < 1.29 is 14.7 Å². The van der Waals surface area contributed by atoms with E-state index in [-0.39, 0.29) is 0 Å². The van der Waals surface area contributed by atoms with Crippen LogP contribution in [-0.4, -0.2) is 22.0 Å². The molecule has 0 saturated heterocycles. The average molecular weight is 252 g/mol. The van der Waals surface area contributed by atoms with Crippen LogP contribution in [0.2, 0.25) is 0 Å². The highest BCUT2D eigenvalue weighted by Crippen LogP contribution is 2.47. The maximum Gasteiger partial charge on any atom is 0.319 e. The van der Waals surface area contributed by atoms with E-state index in [0.29, 0.717) is 23.9 Å². The standard InChI is InChI=1S/C11H12N2O3S/c14-8(11(3-4-11)9(15)16)13-10-12-7(5-17-10)6-1-2-6/h5-6H,1-4H2,(H,15,16)(H,12,13,14). The van der Waals surface area contributed by atoms with Crippen LogP contribution in [0.25, 0.3) is 0 Å². The number of carbonyl (C=O) groups is 2. The molecule has 2 saturated carbocycles. The van der Waals surface area contributed by atoms with E-state index >= 15 is 0 Å². The zero-order valence-corrected chi connectivity index (χ0v) is 9.92. The number of aliphatic carboxylic acids is 1. The van der Waals surface area contributed by atoms with Crippen molar-refractivity contribution >= 4 is 28.3 Å². The number of carboxylic acids is 1. The summed E-state index contributed by atoms with van der Waals surface area (Å²) in [6.07, 6.45) is 3.18. The molecule has 0 atom stereocenters.